The van der Waals surface area contributed by atoms with E-state index in [1.807, 2.05) is 37.5 Å². The topological polar surface area (TPSA) is 69.6 Å². The van der Waals surface area contributed by atoms with E-state index in [2.05, 4.69) is 15.1 Å². The van der Waals surface area contributed by atoms with Crippen molar-refractivity contribution in [1.29, 1.82) is 0 Å². The fraction of sp³-hybridized carbons (Fsp3) is 0.154. The van der Waals surface area contributed by atoms with E-state index in [0.29, 0.717) is 0 Å². The molecular formula is C13H13N5. The van der Waals surface area contributed by atoms with Crippen LogP contribution in [0, 0.1) is 0 Å². The van der Waals surface area contributed by atoms with Crippen molar-refractivity contribution in [2.75, 3.05) is 0 Å². The first-order valence-corrected chi connectivity index (χ1v) is 5.70. The van der Waals surface area contributed by atoms with Gasteiger partial charge in [-0.05, 0) is 12.1 Å². The van der Waals surface area contributed by atoms with Gasteiger partial charge in [-0.15, -0.1) is 0 Å². The number of benzene rings is 1. The van der Waals surface area contributed by atoms with E-state index in [0.717, 1.165) is 22.3 Å². The van der Waals surface area contributed by atoms with E-state index < -0.39 is 0 Å². The van der Waals surface area contributed by atoms with Gasteiger partial charge in [0.25, 0.3) is 0 Å². The van der Waals surface area contributed by atoms with E-state index in [9.17, 15) is 0 Å². The minimum Gasteiger partial charge on any atom is -0.319 e. The molecule has 0 aliphatic heterocycles. The normalized spacial score (nSPS) is 12.8. The minimum atomic E-state index is -0.286. The molecule has 1 aromatic carbocycles. The molecule has 0 aliphatic rings. The van der Waals surface area contributed by atoms with Crippen LogP contribution in [0.25, 0.3) is 11.0 Å². The van der Waals surface area contributed by atoms with Gasteiger partial charge in [-0.1, -0.05) is 12.1 Å². The summed E-state index contributed by atoms with van der Waals surface area (Å²) in [5.41, 5.74) is 9.71. The van der Waals surface area contributed by atoms with Crippen molar-refractivity contribution in [2.24, 2.45) is 12.8 Å². The SMILES string of the molecule is Cn1ccc(C(N)c2cccc3nccnc23)n1. The Bertz CT molecular complexity index is 683. The van der Waals surface area contributed by atoms with Crippen molar-refractivity contribution >= 4 is 11.0 Å². The first-order chi connectivity index (χ1) is 8.75. The molecule has 0 aliphatic carbocycles. The average Bonchev–Trinajstić information content (AvgIpc) is 2.84. The largest absolute Gasteiger partial charge is 0.319 e. The van der Waals surface area contributed by atoms with Gasteiger partial charge in [-0.3, -0.25) is 14.6 Å². The van der Waals surface area contributed by atoms with E-state index in [4.69, 9.17) is 5.73 Å². The van der Waals surface area contributed by atoms with Crippen molar-refractivity contribution in [2.45, 2.75) is 6.04 Å². The maximum atomic E-state index is 6.25. The quantitative estimate of drug-likeness (QED) is 0.734. The van der Waals surface area contributed by atoms with Gasteiger partial charge in [0.1, 0.15) is 0 Å². The third-order valence-corrected chi connectivity index (χ3v) is 2.92. The summed E-state index contributed by atoms with van der Waals surface area (Å²) in [6.07, 6.45) is 5.24. The lowest BCUT2D eigenvalue weighted by atomic mass is 10.0. The Morgan fingerprint density at radius 1 is 1.17 bits per heavy atom. The molecule has 90 valence electrons. The van der Waals surface area contributed by atoms with Crippen LogP contribution in [0.5, 0.6) is 0 Å². The number of aromatic nitrogens is 4. The fourth-order valence-corrected chi connectivity index (χ4v) is 2.02. The van der Waals surface area contributed by atoms with Crippen LogP contribution in [0.2, 0.25) is 0 Å². The van der Waals surface area contributed by atoms with Crippen molar-refractivity contribution < 1.29 is 0 Å². The Balaban J connectivity index is 2.14. The molecule has 5 heteroatoms. The van der Waals surface area contributed by atoms with Crippen LogP contribution < -0.4 is 5.73 Å². The first kappa shape index (κ1) is 10.9. The molecule has 1 atom stereocenters. The second-order valence-corrected chi connectivity index (χ2v) is 4.16. The van der Waals surface area contributed by atoms with Crippen LogP contribution in [-0.4, -0.2) is 19.7 Å². The predicted octanol–water partition coefficient (Wildman–Crippen LogP) is 1.41. The van der Waals surface area contributed by atoms with Gasteiger partial charge in [0, 0.05) is 31.2 Å². The summed E-state index contributed by atoms with van der Waals surface area (Å²) in [4.78, 5) is 8.64. The second kappa shape index (κ2) is 4.19. The van der Waals surface area contributed by atoms with Crippen LogP contribution in [0.15, 0.2) is 42.9 Å². The molecule has 0 radical (unpaired) electrons. The van der Waals surface area contributed by atoms with Crippen molar-refractivity contribution in [1.82, 2.24) is 19.7 Å². The number of para-hydroxylation sites is 1. The van der Waals surface area contributed by atoms with Crippen LogP contribution >= 0.6 is 0 Å². The van der Waals surface area contributed by atoms with Gasteiger partial charge in [0.2, 0.25) is 0 Å². The van der Waals surface area contributed by atoms with Gasteiger partial charge in [-0.2, -0.15) is 5.10 Å². The van der Waals surface area contributed by atoms with Gasteiger partial charge < -0.3 is 5.73 Å². The smallest absolute Gasteiger partial charge is 0.0938 e. The van der Waals surface area contributed by atoms with Gasteiger partial charge in [-0.25, -0.2) is 0 Å². The lowest BCUT2D eigenvalue weighted by Gasteiger charge is -2.11. The molecule has 3 rings (SSSR count). The standard InChI is InChI=1S/C13H13N5/c1-18-8-5-10(17-18)12(14)9-3-2-4-11-13(9)16-7-6-15-11/h2-8,12H,14H2,1H3. The van der Waals surface area contributed by atoms with E-state index >= 15 is 0 Å². The van der Waals surface area contributed by atoms with Crippen molar-refractivity contribution in [3.8, 4) is 0 Å². The molecule has 0 saturated heterocycles. The second-order valence-electron chi connectivity index (χ2n) is 4.16. The summed E-state index contributed by atoms with van der Waals surface area (Å²) in [5.74, 6) is 0. The highest BCUT2D eigenvalue weighted by Gasteiger charge is 2.15. The van der Waals surface area contributed by atoms with Crippen molar-refractivity contribution in [3.63, 3.8) is 0 Å². The molecule has 2 heterocycles. The van der Waals surface area contributed by atoms with Crippen LogP contribution in [0.3, 0.4) is 0 Å². The number of hydrogen-bond acceptors (Lipinski definition) is 4. The van der Waals surface area contributed by atoms with E-state index in [-0.39, 0.29) is 6.04 Å². The molecule has 2 aromatic heterocycles. The summed E-state index contributed by atoms with van der Waals surface area (Å²) in [6, 6.07) is 7.47. The Kier molecular flexibility index (Phi) is 2.53. The minimum absolute atomic E-state index is 0.286. The van der Waals surface area contributed by atoms with Gasteiger partial charge in [0.15, 0.2) is 0 Å². The molecule has 2 N–H and O–H groups in total. The van der Waals surface area contributed by atoms with Crippen LogP contribution in [0.4, 0.5) is 0 Å². The number of aryl methyl sites for hydroxylation is 1. The highest BCUT2D eigenvalue weighted by Crippen LogP contribution is 2.23. The molecule has 18 heavy (non-hydrogen) atoms. The van der Waals surface area contributed by atoms with E-state index in [1.165, 1.54) is 0 Å². The molecule has 0 bridgehead atoms. The Morgan fingerprint density at radius 2 is 2.00 bits per heavy atom. The maximum Gasteiger partial charge on any atom is 0.0938 e. The van der Waals surface area contributed by atoms with E-state index in [1.54, 1.807) is 17.1 Å². The highest BCUT2D eigenvalue weighted by atomic mass is 15.3. The predicted molar refractivity (Wildman–Crippen MR) is 68.8 cm³/mol. The Hall–Kier alpha value is -2.27. The molecule has 0 saturated carbocycles. The molecule has 0 spiro atoms. The summed E-state index contributed by atoms with van der Waals surface area (Å²) >= 11 is 0. The number of nitrogens with zero attached hydrogens (tertiary/aromatic N) is 4. The Labute approximate surface area is 104 Å². The molecular weight excluding hydrogens is 226 g/mol. The number of rotatable bonds is 2. The zero-order chi connectivity index (χ0) is 12.5. The molecule has 3 aromatic rings. The first-order valence-electron chi connectivity index (χ1n) is 5.70. The molecule has 0 fully saturated rings. The lowest BCUT2D eigenvalue weighted by molar-refractivity contribution is 0.717. The number of nitrogens with two attached hydrogens (primary N) is 1. The Morgan fingerprint density at radius 3 is 2.78 bits per heavy atom. The fourth-order valence-electron chi connectivity index (χ4n) is 2.02. The summed E-state index contributed by atoms with van der Waals surface area (Å²) in [6.45, 7) is 0. The monoisotopic (exact) mass is 239 g/mol. The van der Waals surface area contributed by atoms with Gasteiger partial charge in [0.05, 0.1) is 22.8 Å². The zero-order valence-corrected chi connectivity index (χ0v) is 9.99. The summed E-state index contributed by atoms with van der Waals surface area (Å²) < 4.78 is 1.74. The molecule has 0 amide bonds. The van der Waals surface area contributed by atoms with Crippen LogP contribution in [0.1, 0.15) is 17.3 Å². The number of hydrogen-bond donors (Lipinski definition) is 1. The zero-order valence-electron chi connectivity index (χ0n) is 9.99. The van der Waals surface area contributed by atoms with Crippen LogP contribution in [-0.2, 0) is 7.05 Å². The third kappa shape index (κ3) is 1.74. The third-order valence-electron chi connectivity index (χ3n) is 2.92. The lowest BCUT2D eigenvalue weighted by Crippen LogP contribution is -2.14. The summed E-state index contributed by atoms with van der Waals surface area (Å²) in [7, 11) is 1.87. The number of fused-ring (bicyclic) bond motifs is 1. The summed E-state index contributed by atoms with van der Waals surface area (Å²) in [5, 5.41) is 4.34. The highest BCUT2D eigenvalue weighted by molar-refractivity contribution is 5.78. The molecule has 1 unspecified atom stereocenters. The van der Waals surface area contributed by atoms with Gasteiger partial charge >= 0.3 is 0 Å². The van der Waals surface area contributed by atoms with Crippen molar-refractivity contribution in [3.05, 3.63) is 54.1 Å². The molecule has 5 nitrogen and oxygen atoms in total. The average molecular weight is 239 g/mol. The maximum absolute atomic E-state index is 6.25.